The molecule has 0 aliphatic carbocycles. The Kier molecular flexibility index (Phi) is 4.85. The highest BCUT2D eigenvalue weighted by atomic mass is 19.2. The molecule has 2 rings (SSSR count). The number of benzene rings is 2. The Labute approximate surface area is 128 Å². The molecule has 0 heterocycles. The fraction of sp³-hybridized carbons (Fsp3) is 0.0667. The van der Waals surface area contributed by atoms with Crippen molar-refractivity contribution in [2.75, 3.05) is 17.7 Å². The lowest BCUT2D eigenvalue weighted by Gasteiger charge is -2.08. The molecule has 0 unspecified atom stereocenters. The zero-order valence-corrected chi connectivity index (χ0v) is 11.6. The van der Waals surface area contributed by atoms with Gasteiger partial charge in [-0.1, -0.05) is 0 Å². The van der Waals surface area contributed by atoms with Crippen LogP contribution in [0.25, 0.3) is 0 Å². The van der Waals surface area contributed by atoms with E-state index in [0.717, 1.165) is 6.07 Å². The van der Waals surface area contributed by atoms with Gasteiger partial charge in [-0.05, 0) is 36.4 Å². The molecule has 0 radical (unpaired) electrons. The number of carbonyl (C=O) groups excluding carboxylic acids is 2. The number of ether oxygens (including phenoxy) is 1. The maximum Gasteiger partial charge on any atom is 0.338 e. The second-order valence-corrected chi connectivity index (χ2v) is 4.47. The molecule has 0 aliphatic rings. The molecule has 0 spiro atoms. The first-order chi connectivity index (χ1) is 10.9. The first-order valence-corrected chi connectivity index (χ1v) is 6.34. The van der Waals surface area contributed by atoms with Crippen LogP contribution >= 0.6 is 0 Å². The summed E-state index contributed by atoms with van der Waals surface area (Å²) in [7, 11) is 0. The lowest BCUT2D eigenvalue weighted by atomic mass is 10.2. The molecule has 0 bridgehead atoms. The Balaban J connectivity index is 1.94. The molecule has 2 aromatic rings. The number of amides is 1. The van der Waals surface area contributed by atoms with E-state index in [1.807, 2.05) is 5.32 Å². The second kappa shape index (κ2) is 6.82. The summed E-state index contributed by atoms with van der Waals surface area (Å²) < 4.78 is 43.9. The summed E-state index contributed by atoms with van der Waals surface area (Å²) in [5, 5.41) is 1.98. The van der Waals surface area contributed by atoms with Crippen molar-refractivity contribution in [2.24, 2.45) is 0 Å². The van der Waals surface area contributed by atoms with Crippen molar-refractivity contribution in [3.63, 3.8) is 0 Å². The van der Waals surface area contributed by atoms with Crippen LogP contribution in [-0.4, -0.2) is 18.5 Å². The zero-order valence-electron chi connectivity index (χ0n) is 11.6. The highest BCUT2D eigenvalue weighted by Crippen LogP contribution is 2.19. The molecule has 0 fully saturated rings. The summed E-state index contributed by atoms with van der Waals surface area (Å²) in [5.74, 6) is -6.32. The number of halogens is 3. The smallest absolute Gasteiger partial charge is 0.338 e. The topological polar surface area (TPSA) is 81.4 Å². The fourth-order valence-corrected chi connectivity index (χ4v) is 1.64. The van der Waals surface area contributed by atoms with E-state index in [-0.39, 0.29) is 5.56 Å². The third-order valence-electron chi connectivity index (χ3n) is 2.79. The van der Waals surface area contributed by atoms with Gasteiger partial charge in [-0.25, -0.2) is 18.0 Å². The minimum absolute atomic E-state index is 0.172. The maximum atomic E-state index is 13.4. The number of hydrogen-bond donors (Lipinski definition) is 2. The summed E-state index contributed by atoms with van der Waals surface area (Å²) in [6.07, 6.45) is 0. The minimum atomic E-state index is -1.71. The summed E-state index contributed by atoms with van der Waals surface area (Å²) in [5.41, 5.74) is 5.53. The third-order valence-corrected chi connectivity index (χ3v) is 2.79. The number of nitrogens with one attached hydrogen (secondary N) is 1. The van der Waals surface area contributed by atoms with Crippen LogP contribution in [-0.2, 0) is 9.53 Å². The standard InChI is InChI=1S/C15H11F3N2O3/c16-10-5-6-11(14(18)13(10)17)20-12(21)7-23-15(22)8-1-3-9(19)4-2-8/h1-6H,7,19H2,(H,20,21). The molecule has 0 saturated carbocycles. The molecule has 120 valence electrons. The van der Waals surface area contributed by atoms with E-state index in [1.165, 1.54) is 24.3 Å². The van der Waals surface area contributed by atoms with Gasteiger partial charge in [0.25, 0.3) is 5.91 Å². The second-order valence-electron chi connectivity index (χ2n) is 4.47. The first-order valence-electron chi connectivity index (χ1n) is 6.34. The maximum absolute atomic E-state index is 13.4. The molecule has 1 amide bonds. The number of carbonyl (C=O) groups is 2. The number of anilines is 2. The average molecular weight is 324 g/mol. The van der Waals surface area contributed by atoms with Gasteiger partial charge in [0.15, 0.2) is 24.1 Å². The fourth-order valence-electron chi connectivity index (χ4n) is 1.64. The number of nitrogen functional groups attached to an aromatic ring is 1. The van der Waals surface area contributed by atoms with Crippen LogP contribution in [0, 0.1) is 17.5 Å². The Bertz CT molecular complexity index is 748. The van der Waals surface area contributed by atoms with Crippen LogP contribution < -0.4 is 11.1 Å². The third kappa shape index (κ3) is 4.00. The molecule has 8 heteroatoms. The van der Waals surface area contributed by atoms with Crippen molar-refractivity contribution in [1.29, 1.82) is 0 Å². The van der Waals surface area contributed by atoms with Gasteiger partial charge in [0, 0.05) is 5.69 Å². The SMILES string of the molecule is Nc1ccc(C(=O)OCC(=O)Nc2ccc(F)c(F)c2F)cc1. The lowest BCUT2D eigenvalue weighted by molar-refractivity contribution is -0.119. The van der Waals surface area contributed by atoms with E-state index < -0.39 is 41.6 Å². The zero-order chi connectivity index (χ0) is 17.0. The van der Waals surface area contributed by atoms with Crippen molar-refractivity contribution in [1.82, 2.24) is 0 Å². The Morgan fingerprint density at radius 3 is 2.30 bits per heavy atom. The van der Waals surface area contributed by atoms with Crippen LogP contribution in [0.4, 0.5) is 24.5 Å². The molecule has 0 aromatic heterocycles. The van der Waals surface area contributed by atoms with E-state index >= 15 is 0 Å². The van der Waals surface area contributed by atoms with Crippen molar-refractivity contribution in [3.05, 3.63) is 59.4 Å². The normalized spacial score (nSPS) is 10.2. The molecule has 5 nitrogen and oxygen atoms in total. The van der Waals surface area contributed by atoms with E-state index in [2.05, 4.69) is 0 Å². The van der Waals surface area contributed by atoms with Crippen molar-refractivity contribution in [3.8, 4) is 0 Å². The predicted octanol–water partition coefficient (Wildman–Crippen LogP) is 2.48. The molecule has 23 heavy (non-hydrogen) atoms. The summed E-state index contributed by atoms with van der Waals surface area (Å²) in [6.45, 7) is -0.721. The van der Waals surface area contributed by atoms with Gasteiger partial charge in [0.2, 0.25) is 0 Å². The first kappa shape index (κ1) is 16.3. The number of nitrogens with two attached hydrogens (primary N) is 1. The molecular weight excluding hydrogens is 313 g/mol. The highest BCUT2D eigenvalue weighted by Gasteiger charge is 2.16. The largest absolute Gasteiger partial charge is 0.452 e. The van der Waals surface area contributed by atoms with E-state index in [0.29, 0.717) is 11.8 Å². The summed E-state index contributed by atoms with van der Waals surface area (Å²) in [6, 6.07) is 7.29. The van der Waals surface area contributed by atoms with Crippen molar-refractivity contribution < 1.29 is 27.5 Å². The number of rotatable bonds is 4. The van der Waals surface area contributed by atoms with Crippen molar-refractivity contribution in [2.45, 2.75) is 0 Å². The van der Waals surface area contributed by atoms with Gasteiger partial charge in [0.05, 0.1) is 11.3 Å². The van der Waals surface area contributed by atoms with Crippen LogP contribution in [0.3, 0.4) is 0 Å². The van der Waals surface area contributed by atoms with Crippen LogP contribution in [0.5, 0.6) is 0 Å². The highest BCUT2D eigenvalue weighted by molar-refractivity contribution is 5.95. The van der Waals surface area contributed by atoms with Gasteiger partial charge in [-0.2, -0.15) is 0 Å². The Hall–Kier alpha value is -3.03. The van der Waals surface area contributed by atoms with E-state index in [1.54, 1.807) is 0 Å². The van der Waals surface area contributed by atoms with Gasteiger partial charge in [0.1, 0.15) is 0 Å². The molecule has 0 saturated heterocycles. The molecule has 0 aliphatic heterocycles. The number of esters is 1. The molecule has 3 N–H and O–H groups in total. The number of hydrogen-bond acceptors (Lipinski definition) is 4. The van der Waals surface area contributed by atoms with Crippen molar-refractivity contribution >= 4 is 23.3 Å². The van der Waals surface area contributed by atoms with Gasteiger partial charge < -0.3 is 15.8 Å². The monoisotopic (exact) mass is 324 g/mol. The van der Waals surface area contributed by atoms with Gasteiger partial charge in [-0.3, -0.25) is 4.79 Å². The Morgan fingerprint density at radius 2 is 1.65 bits per heavy atom. The average Bonchev–Trinajstić information content (AvgIpc) is 2.54. The van der Waals surface area contributed by atoms with Crippen LogP contribution in [0.15, 0.2) is 36.4 Å². The quantitative estimate of drug-likeness (QED) is 0.514. The van der Waals surface area contributed by atoms with E-state index in [4.69, 9.17) is 10.5 Å². The Morgan fingerprint density at radius 1 is 1.00 bits per heavy atom. The van der Waals surface area contributed by atoms with E-state index in [9.17, 15) is 22.8 Å². The van der Waals surface area contributed by atoms with Crippen LogP contribution in [0.2, 0.25) is 0 Å². The predicted molar refractivity (Wildman–Crippen MR) is 76.1 cm³/mol. The molecule has 0 atom stereocenters. The van der Waals surface area contributed by atoms with Gasteiger partial charge >= 0.3 is 5.97 Å². The molecular formula is C15H11F3N2O3. The lowest BCUT2D eigenvalue weighted by Crippen LogP contribution is -2.21. The minimum Gasteiger partial charge on any atom is -0.452 e. The van der Waals surface area contributed by atoms with Crippen LogP contribution in [0.1, 0.15) is 10.4 Å². The summed E-state index contributed by atoms with van der Waals surface area (Å²) in [4.78, 5) is 23.2. The molecule has 2 aromatic carbocycles. The summed E-state index contributed by atoms with van der Waals surface area (Å²) >= 11 is 0. The van der Waals surface area contributed by atoms with Gasteiger partial charge in [-0.15, -0.1) is 0 Å².